The van der Waals surface area contributed by atoms with E-state index in [1.165, 1.54) is 0 Å². The Morgan fingerprint density at radius 3 is 2.68 bits per heavy atom. The number of pyridine rings is 1. The smallest absolute Gasteiger partial charge is 0.192 e. The number of rotatable bonds is 6. The fourth-order valence-corrected chi connectivity index (χ4v) is 2.82. The van der Waals surface area contributed by atoms with E-state index in [0.29, 0.717) is 6.61 Å². The largest absolute Gasteiger partial charge is 0.412 e. The fraction of sp³-hybridized carbons (Fsp3) is 0.556. The van der Waals surface area contributed by atoms with Crippen LogP contribution >= 0.6 is 0 Å². The zero-order valence-electron chi connectivity index (χ0n) is 14.3. The molecule has 1 aliphatic carbocycles. The summed E-state index contributed by atoms with van der Waals surface area (Å²) < 4.78 is 6.27. The second-order valence-electron chi connectivity index (χ2n) is 7.63. The van der Waals surface area contributed by atoms with Gasteiger partial charge in [-0.15, -0.1) is 0 Å². The van der Waals surface area contributed by atoms with Crippen molar-refractivity contribution in [3.8, 4) is 0 Å². The van der Waals surface area contributed by atoms with Gasteiger partial charge in [-0.3, -0.25) is 9.78 Å². The number of carbonyl (C=O) groups is 1. The van der Waals surface area contributed by atoms with Gasteiger partial charge in [0.1, 0.15) is 0 Å². The molecular formula is C18H27NO2Si. The van der Waals surface area contributed by atoms with E-state index >= 15 is 0 Å². The van der Waals surface area contributed by atoms with Crippen LogP contribution in [-0.2, 0) is 15.8 Å². The molecule has 2 rings (SSSR count). The maximum absolute atomic E-state index is 11.8. The highest BCUT2D eigenvalue weighted by Gasteiger charge is 2.37. The first-order valence-corrected chi connectivity index (χ1v) is 10.9. The van der Waals surface area contributed by atoms with Crippen LogP contribution in [0.4, 0.5) is 0 Å². The van der Waals surface area contributed by atoms with E-state index in [1.54, 1.807) is 12.3 Å². The second kappa shape index (κ2) is 6.47. The first-order chi connectivity index (χ1) is 10.2. The molecule has 0 unspecified atom stereocenters. The van der Waals surface area contributed by atoms with Crippen LogP contribution in [0, 0.1) is 5.92 Å². The molecule has 3 nitrogen and oxygen atoms in total. The van der Waals surface area contributed by atoms with E-state index < -0.39 is 8.32 Å². The normalized spacial score (nSPS) is 16.2. The molecule has 120 valence electrons. The summed E-state index contributed by atoms with van der Waals surface area (Å²) in [5.74, 6) is 0.512. The minimum Gasteiger partial charge on any atom is -0.412 e. The highest BCUT2D eigenvalue weighted by atomic mass is 28.4. The van der Waals surface area contributed by atoms with E-state index in [9.17, 15) is 4.79 Å². The van der Waals surface area contributed by atoms with Crippen molar-refractivity contribution in [1.29, 1.82) is 0 Å². The van der Waals surface area contributed by atoms with Crippen molar-refractivity contribution >= 4 is 20.2 Å². The van der Waals surface area contributed by atoms with Crippen LogP contribution in [-0.4, -0.2) is 19.1 Å². The van der Waals surface area contributed by atoms with E-state index in [4.69, 9.17) is 4.43 Å². The lowest BCUT2D eigenvalue weighted by atomic mass is 10.1. The van der Waals surface area contributed by atoms with Crippen LogP contribution < -0.4 is 0 Å². The molecule has 4 heteroatoms. The zero-order chi connectivity index (χ0) is 16.4. The minimum atomic E-state index is -1.78. The third-order valence-electron chi connectivity index (χ3n) is 4.74. The third kappa shape index (κ3) is 4.37. The maximum atomic E-state index is 11.8. The van der Waals surface area contributed by atoms with Gasteiger partial charge < -0.3 is 4.43 Å². The molecule has 1 fully saturated rings. The van der Waals surface area contributed by atoms with Gasteiger partial charge in [0, 0.05) is 23.9 Å². The summed E-state index contributed by atoms with van der Waals surface area (Å²) in [6.45, 7) is 11.7. The maximum Gasteiger partial charge on any atom is 0.192 e. The molecule has 1 heterocycles. The lowest BCUT2D eigenvalue weighted by molar-refractivity contribution is -0.115. The molecule has 0 radical (unpaired) electrons. The van der Waals surface area contributed by atoms with Gasteiger partial charge in [0.05, 0.1) is 6.61 Å². The number of hydrogen-bond donors (Lipinski definition) is 0. The molecule has 1 aromatic rings. The highest BCUT2D eigenvalue weighted by molar-refractivity contribution is 6.74. The SMILES string of the molecule is CC(C)(C)[Si](C)(C)OCc1cnccc1/C=C/C(=O)C1CC1. The Labute approximate surface area is 134 Å². The number of nitrogens with zero attached hydrogens (tertiary/aromatic N) is 1. The zero-order valence-corrected chi connectivity index (χ0v) is 15.3. The molecular weight excluding hydrogens is 290 g/mol. The predicted molar refractivity (Wildman–Crippen MR) is 93.0 cm³/mol. The first kappa shape index (κ1) is 17.1. The number of hydrogen-bond acceptors (Lipinski definition) is 3. The Bertz CT molecular complexity index is 569. The monoisotopic (exact) mass is 317 g/mol. The van der Waals surface area contributed by atoms with Crippen LogP contribution in [0.15, 0.2) is 24.5 Å². The molecule has 0 bridgehead atoms. The first-order valence-electron chi connectivity index (χ1n) is 7.99. The standard InChI is InChI=1S/C18H27NO2Si/c1-18(2,3)22(4,5)21-13-16-12-19-11-10-14(16)8-9-17(20)15-6-7-15/h8-12,15H,6-7,13H2,1-5H3/b9-8+. The van der Waals surface area contributed by atoms with Crippen LogP contribution in [0.3, 0.4) is 0 Å². The van der Waals surface area contributed by atoms with Crippen molar-refractivity contribution < 1.29 is 9.22 Å². The summed E-state index contributed by atoms with van der Waals surface area (Å²) in [4.78, 5) is 16.0. The van der Waals surface area contributed by atoms with E-state index in [1.807, 2.05) is 18.3 Å². The lowest BCUT2D eigenvalue weighted by Crippen LogP contribution is -2.40. The molecule has 1 aromatic heterocycles. The fourth-order valence-electron chi connectivity index (χ4n) is 1.87. The predicted octanol–water partition coefficient (Wildman–Crippen LogP) is 4.60. The van der Waals surface area contributed by atoms with Gasteiger partial charge in [0.25, 0.3) is 0 Å². The van der Waals surface area contributed by atoms with Gasteiger partial charge in [-0.25, -0.2) is 0 Å². The molecule has 0 N–H and O–H groups in total. The molecule has 0 aromatic carbocycles. The summed E-state index contributed by atoms with van der Waals surface area (Å²) in [6.07, 6.45) is 9.31. The molecule has 0 spiro atoms. The third-order valence-corrected chi connectivity index (χ3v) is 9.22. The Hall–Kier alpha value is -1.26. The van der Waals surface area contributed by atoms with Crippen molar-refractivity contribution in [1.82, 2.24) is 4.98 Å². The number of ketones is 1. The van der Waals surface area contributed by atoms with Crippen molar-refractivity contribution in [2.24, 2.45) is 5.92 Å². The Kier molecular flexibility index (Phi) is 5.02. The quantitative estimate of drug-likeness (QED) is 0.569. The number of allylic oxidation sites excluding steroid dienone is 1. The van der Waals surface area contributed by atoms with Gasteiger partial charge in [-0.05, 0) is 48.7 Å². The average molecular weight is 318 g/mol. The molecule has 0 amide bonds. The topological polar surface area (TPSA) is 39.2 Å². The van der Waals surface area contributed by atoms with Crippen LogP contribution in [0.2, 0.25) is 18.1 Å². The Morgan fingerprint density at radius 1 is 1.41 bits per heavy atom. The minimum absolute atomic E-state index is 0.188. The summed E-state index contributed by atoms with van der Waals surface area (Å²) in [7, 11) is -1.78. The van der Waals surface area contributed by atoms with Crippen LogP contribution in [0.5, 0.6) is 0 Å². The van der Waals surface area contributed by atoms with Crippen molar-refractivity contribution in [2.45, 2.75) is 58.4 Å². The molecule has 22 heavy (non-hydrogen) atoms. The average Bonchev–Trinajstić information content (AvgIpc) is 3.26. The number of aromatic nitrogens is 1. The van der Waals surface area contributed by atoms with Crippen molar-refractivity contribution in [3.05, 3.63) is 35.7 Å². The molecule has 0 saturated heterocycles. The van der Waals surface area contributed by atoms with E-state index in [2.05, 4.69) is 38.8 Å². The van der Waals surface area contributed by atoms with Gasteiger partial charge >= 0.3 is 0 Å². The summed E-state index contributed by atoms with van der Waals surface area (Å²) in [5.41, 5.74) is 2.08. The van der Waals surface area contributed by atoms with E-state index in [0.717, 1.165) is 24.0 Å². The lowest BCUT2D eigenvalue weighted by Gasteiger charge is -2.36. The van der Waals surface area contributed by atoms with Gasteiger partial charge in [-0.2, -0.15) is 0 Å². The molecule has 0 atom stereocenters. The number of carbonyl (C=O) groups excluding carboxylic acids is 1. The van der Waals surface area contributed by atoms with Crippen LogP contribution in [0.25, 0.3) is 6.08 Å². The highest BCUT2D eigenvalue weighted by Crippen LogP contribution is 2.37. The van der Waals surface area contributed by atoms with Crippen molar-refractivity contribution in [3.63, 3.8) is 0 Å². The van der Waals surface area contributed by atoms with Gasteiger partial charge in [0.15, 0.2) is 14.1 Å². The summed E-state index contributed by atoms with van der Waals surface area (Å²) >= 11 is 0. The van der Waals surface area contributed by atoms with Crippen LogP contribution in [0.1, 0.15) is 44.7 Å². The molecule has 0 aliphatic heterocycles. The Balaban J connectivity index is 2.06. The molecule has 1 saturated carbocycles. The van der Waals surface area contributed by atoms with Crippen molar-refractivity contribution in [2.75, 3.05) is 0 Å². The summed E-state index contributed by atoms with van der Waals surface area (Å²) in [6, 6.07) is 1.95. The van der Waals surface area contributed by atoms with Gasteiger partial charge in [0.2, 0.25) is 0 Å². The molecule has 1 aliphatic rings. The van der Waals surface area contributed by atoms with Gasteiger partial charge in [-0.1, -0.05) is 26.8 Å². The summed E-state index contributed by atoms with van der Waals surface area (Å²) in [5, 5.41) is 0.188. The van der Waals surface area contributed by atoms with E-state index in [-0.39, 0.29) is 16.7 Å². The Morgan fingerprint density at radius 2 is 2.09 bits per heavy atom. The second-order valence-corrected chi connectivity index (χ2v) is 12.4.